The molecule has 14 rings (SSSR count). The lowest BCUT2D eigenvalue weighted by atomic mass is 9.67. The number of para-hydroxylation sites is 1. The molecule has 0 atom stereocenters. The van der Waals surface area contributed by atoms with Crippen LogP contribution in [-0.2, 0) is 10.8 Å². The minimum atomic E-state index is -0.533. The van der Waals surface area contributed by atoms with E-state index in [1.54, 1.807) is 0 Å². The third-order valence-electron chi connectivity index (χ3n) is 15.1. The smallest absolute Gasteiger partial charge is 0.137 e. The Kier molecular flexibility index (Phi) is 8.60. The van der Waals surface area contributed by atoms with Crippen LogP contribution in [-0.4, -0.2) is 0 Å². The molecule has 4 heteroatoms. The van der Waals surface area contributed by atoms with E-state index in [1.165, 1.54) is 86.4 Å². The second-order valence-electron chi connectivity index (χ2n) is 18.4. The first kappa shape index (κ1) is 39.6. The van der Waals surface area contributed by atoms with E-state index >= 15 is 0 Å². The predicted octanol–water partition coefficient (Wildman–Crippen LogP) is 17.7. The zero-order valence-electron chi connectivity index (χ0n) is 37.6. The zero-order chi connectivity index (χ0) is 45.3. The lowest BCUT2D eigenvalue weighted by Gasteiger charge is -2.41. The Hall–Kier alpha value is -7.50. The van der Waals surface area contributed by atoms with Crippen molar-refractivity contribution in [3.05, 3.63) is 274 Å². The molecule has 68 heavy (non-hydrogen) atoms. The molecule has 0 bridgehead atoms. The van der Waals surface area contributed by atoms with E-state index in [1.807, 2.05) is 29.6 Å². The van der Waals surface area contributed by atoms with Gasteiger partial charge in [-0.05, 0) is 147 Å². The number of rotatable bonds is 5. The number of allylic oxidation sites excluding steroid dienone is 4. The summed E-state index contributed by atoms with van der Waals surface area (Å²) in [6.45, 7) is 8.66. The molecule has 0 fully saturated rings. The van der Waals surface area contributed by atoms with Crippen LogP contribution < -0.4 is 4.90 Å². The number of hydrogen-bond donors (Lipinski definition) is 0. The summed E-state index contributed by atoms with van der Waals surface area (Å²) in [6.07, 6.45) is 4.29. The molecule has 9 aromatic carbocycles. The van der Waals surface area contributed by atoms with E-state index in [-0.39, 0.29) is 0 Å². The van der Waals surface area contributed by atoms with Crippen LogP contribution in [0.1, 0.15) is 52.8 Å². The van der Waals surface area contributed by atoms with E-state index in [0.29, 0.717) is 0 Å². The maximum absolute atomic E-state index is 6.66. The molecular weight excluding hydrogens is 863 g/mol. The van der Waals surface area contributed by atoms with Gasteiger partial charge in [0.1, 0.15) is 11.2 Å². The molecule has 2 nitrogen and oxygen atoms in total. The quantitative estimate of drug-likeness (QED) is 0.160. The highest BCUT2D eigenvalue weighted by molar-refractivity contribution is 8.03. The van der Waals surface area contributed by atoms with Crippen LogP contribution >= 0.6 is 23.5 Å². The molecule has 0 amide bonds. The number of benzene rings is 9. The highest BCUT2D eigenvalue weighted by Crippen LogP contribution is 2.65. The molecule has 10 aromatic rings. The monoisotopic (exact) mass is 905 g/mol. The molecule has 0 radical (unpaired) electrons. The van der Waals surface area contributed by atoms with Gasteiger partial charge in [0.05, 0.1) is 21.9 Å². The largest absolute Gasteiger partial charge is 0.456 e. The fourth-order valence-electron chi connectivity index (χ4n) is 12.3. The molecule has 2 aliphatic heterocycles. The van der Waals surface area contributed by atoms with Crippen molar-refractivity contribution in [3.8, 4) is 22.3 Å². The number of thioether (sulfide) groups is 1. The molecule has 0 N–H and O–H groups in total. The summed E-state index contributed by atoms with van der Waals surface area (Å²) in [6, 6.07) is 74.8. The van der Waals surface area contributed by atoms with Gasteiger partial charge >= 0.3 is 0 Å². The Bertz CT molecular complexity index is 3790. The van der Waals surface area contributed by atoms with Crippen LogP contribution in [0.3, 0.4) is 0 Å². The summed E-state index contributed by atoms with van der Waals surface area (Å²) in [4.78, 5) is 7.58. The number of nitrogens with zero attached hydrogens (tertiary/aromatic N) is 1. The van der Waals surface area contributed by atoms with E-state index in [2.05, 4.69) is 232 Å². The highest BCUT2D eigenvalue weighted by Gasteiger charge is 2.52. The van der Waals surface area contributed by atoms with Gasteiger partial charge in [0, 0.05) is 36.4 Å². The minimum absolute atomic E-state index is 0.524. The van der Waals surface area contributed by atoms with Gasteiger partial charge in [-0.25, -0.2) is 0 Å². The summed E-state index contributed by atoms with van der Waals surface area (Å²) in [5.74, 6) is 0. The van der Waals surface area contributed by atoms with Crippen molar-refractivity contribution >= 4 is 62.5 Å². The minimum Gasteiger partial charge on any atom is -0.456 e. The average Bonchev–Trinajstić information content (AvgIpc) is 4.02. The first-order valence-electron chi connectivity index (χ1n) is 23.4. The lowest BCUT2D eigenvalue weighted by Crippen LogP contribution is -2.32. The Morgan fingerprint density at radius 2 is 0.971 bits per heavy atom. The van der Waals surface area contributed by atoms with Gasteiger partial charge in [0.2, 0.25) is 0 Å². The zero-order valence-corrected chi connectivity index (χ0v) is 39.2. The van der Waals surface area contributed by atoms with Crippen LogP contribution in [0.25, 0.3) is 44.2 Å². The first-order valence-corrected chi connectivity index (χ1v) is 25.0. The maximum atomic E-state index is 6.66. The van der Waals surface area contributed by atoms with Crippen molar-refractivity contribution in [1.29, 1.82) is 0 Å². The number of fused-ring (bicyclic) bond motifs is 19. The summed E-state index contributed by atoms with van der Waals surface area (Å²) in [7, 11) is 0. The van der Waals surface area contributed by atoms with Gasteiger partial charge < -0.3 is 9.32 Å². The van der Waals surface area contributed by atoms with Crippen molar-refractivity contribution in [2.75, 3.05) is 4.90 Å². The molecule has 0 unspecified atom stereocenters. The second-order valence-corrected chi connectivity index (χ2v) is 20.6. The normalized spacial score (nSPS) is 15.4. The van der Waals surface area contributed by atoms with E-state index in [9.17, 15) is 0 Å². The SMILES string of the molecule is C=C/C(C)=C\C1=C(C)C2(c3cc(N(c4ccc5c(c4)C4(c6ccccc6S5)c5ccccc5-c5ccccc54)c4cccc5oc6ccccc6c45)ccc3S1)c1ccccc1-c1ccccc12. The van der Waals surface area contributed by atoms with Crippen LogP contribution in [0.2, 0.25) is 0 Å². The molecular formula is C64H43NOS2. The van der Waals surface area contributed by atoms with Crippen LogP contribution in [0.5, 0.6) is 0 Å². The van der Waals surface area contributed by atoms with Crippen molar-refractivity contribution in [1.82, 2.24) is 0 Å². The van der Waals surface area contributed by atoms with Crippen molar-refractivity contribution in [3.63, 3.8) is 0 Å². The fraction of sp³-hybridized carbons (Fsp3) is 0.0625. The summed E-state index contributed by atoms with van der Waals surface area (Å²) >= 11 is 3.75. The van der Waals surface area contributed by atoms with Crippen LogP contribution in [0.4, 0.5) is 17.1 Å². The first-order chi connectivity index (χ1) is 33.5. The molecule has 322 valence electrons. The van der Waals surface area contributed by atoms with Crippen LogP contribution in [0.15, 0.2) is 254 Å². The lowest BCUT2D eigenvalue weighted by molar-refractivity contribution is 0.669. The Morgan fingerprint density at radius 1 is 0.485 bits per heavy atom. The molecule has 0 saturated carbocycles. The van der Waals surface area contributed by atoms with Gasteiger partial charge in [-0.2, -0.15) is 0 Å². The molecule has 0 saturated heterocycles. The van der Waals surface area contributed by atoms with Gasteiger partial charge in [-0.3, -0.25) is 0 Å². The Labute approximate surface area is 405 Å². The van der Waals surface area contributed by atoms with E-state index in [0.717, 1.165) is 44.6 Å². The second kappa shape index (κ2) is 14.7. The average molecular weight is 906 g/mol. The summed E-state index contributed by atoms with van der Waals surface area (Å²) in [5, 5.41) is 2.19. The third-order valence-corrected chi connectivity index (χ3v) is 17.5. The van der Waals surface area contributed by atoms with E-state index in [4.69, 9.17) is 4.42 Å². The van der Waals surface area contributed by atoms with Gasteiger partial charge in [-0.1, -0.05) is 181 Å². The summed E-state index contributed by atoms with van der Waals surface area (Å²) < 4.78 is 6.66. The maximum Gasteiger partial charge on any atom is 0.137 e. The van der Waals surface area contributed by atoms with Crippen molar-refractivity contribution < 1.29 is 4.42 Å². The van der Waals surface area contributed by atoms with Gasteiger partial charge in [0.25, 0.3) is 0 Å². The topological polar surface area (TPSA) is 16.4 Å². The molecule has 1 aromatic heterocycles. The molecule has 2 spiro atoms. The molecule has 3 heterocycles. The van der Waals surface area contributed by atoms with Gasteiger partial charge in [0.15, 0.2) is 0 Å². The Balaban J connectivity index is 1.08. The van der Waals surface area contributed by atoms with Crippen molar-refractivity contribution in [2.45, 2.75) is 39.4 Å². The third kappa shape index (κ3) is 5.22. The number of anilines is 3. The molecule has 2 aliphatic carbocycles. The predicted molar refractivity (Wildman–Crippen MR) is 284 cm³/mol. The van der Waals surface area contributed by atoms with E-state index < -0.39 is 10.8 Å². The standard InChI is InChI=1S/C64H43NOS2/c1-4-39(2)36-61-40(3)63(48-23-10-5-18-43(48)44-19-6-11-24-49(44)63)53-37-41(32-34-59(53)68-61)65(55-28-17-30-57-62(55)47-22-9-15-29-56(47)66-57)42-33-35-60-54(38-42)64(52-27-14-16-31-58(52)67-60)50-25-12-7-20-45(50)46-21-8-13-26-51(46)64/h4-38H,1H2,2-3H3/b39-36-. The summed E-state index contributed by atoms with van der Waals surface area (Å²) in [5.41, 5.74) is 20.8. The fourth-order valence-corrected chi connectivity index (χ4v) is 14.7. The highest BCUT2D eigenvalue weighted by atomic mass is 32.2. The number of furan rings is 1. The van der Waals surface area contributed by atoms with Crippen LogP contribution in [0, 0.1) is 0 Å². The Morgan fingerprint density at radius 3 is 1.59 bits per heavy atom. The number of hydrogen-bond acceptors (Lipinski definition) is 4. The molecule has 4 aliphatic rings. The van der Waals surface area contributed by atoms with Gasteiger partial charge in [-0.15, -0.1) is 0 Å². The van der Waals surface area contributed by atoms with Crippen molar-refractivity contribution in [2.24, 2.45) is 0 Å².